The number of nitrogens with zero attached hydrogens (tertiary/aromatic N) is 3. The average Bonchev–Trinajstić information content (AvgIpc) is 4.03. The molecular weight excluding hydrogens is 753 g/mol. The summed E-state index contributed by atoms with van der Waals surface area (Å²) in [5, 5.41) is 6.46. The minimum absolute atomic E-state index is 0.0730. The number of likely N-dealkylation sites (tertiary alicyclic amines) is 1. The van der Waals surface area contributed by atoms with E-state index in [0.717, 1.165) is 12.3 Å². The van der Waals surface area contributed by atoms with Gasteiger partial charge in [-0.3, -0.25) is 24.1 Å². The first kappa shape index (κ1) is 39.1. The highest BCUT2D eigenvalue weighted by molar-refractivity contribution is 7.91. The van der Waals surface area contributed by atoms with E-state index >= 15 is 0 Å². The first-order valence-electron chi connectivity index (χ1n) is 17.2. The molecule has 2 saturated carbocycles. The smallest absolute Gasteiger partial charge is 0.417 e. The molecule has 2 aliphatic carbocycles. The van der Waals surface area contributed by atoms with Crippen LogP contribution >= 0.6 is 11.6 Å². The van der Waals surface area contributed by atoms with Crippen LogP contribution in [0.15, 0.2) is 55.5 Å². The first-order chi connectivity index (χ1) is 25.3. The highest BCUT2D eigenvalue weighted by Crippen LogP contribution is 2.46. The number of aromatic nitrogens is 2. The fraction of sp³-hybridized carbons (Fsp3) is 0.472. The molecule has 3 aliphatic rings. The zero-order valence-corrected chi connectivity index (χ0v) is 31.4. The molecule has 3 amide bonds. The molecule has 3 fully saturated rings. The van der Waals surface area contributed by atoms with Gasteiger partial charge in [0.2, 0.25) is 27.7 Å². The van der Waals surface area contributed by atoms with Gasteiger partial charge in [0.15, 0.2) is 0 Å². The normalized spacial score (nSPS) is 23.3. The second-order valence-electron chi connectivity index (χ2n) is 14.9. The average molecular weight is 793 g/mol. The van der Waals surface area contributed by atoms with Crippen LogP contribution in [0.25, 0.3) is 10.8 Å². The number of rotatable bonds is 12. The van der Waals surface area contributed by atoms with Crippen LogP contribution in [0.5, 0.6) is 11.6 Å². The first-order valence-corrected chi connectivity index (χ1v) is 19.1. The Hall–Kier alpha value is -4.64. The minimum Gasteiger partial charge on any atom is -0.494 e. The topological polar surface area (TPSA) is 169 Å². The molecule has 3 heterocycles. The van der Waals surface area contributed by atoms with Crippen LogP contribution in [0, 0.1) is 11.3 Å². The highest BCUT2D eigenvalue weighted by atomic mass is 35.5. The van der Waals surface area contributed by atoms with Gasteiger partial charge in [-0.15, -0.1) is 6.58 Å². The van der Waals surface area contributed by atoms with Gasteiger partial charge in [-0.1, -0.05) is 38.4 Å². The lowest BCUT2D eigenvalue weighted by molar-refractivity contribution is -0.141. The quantitative estimate of drug-likeness (QED) is 0.216. The molecule has 5 atom stereocenters. The van der Waals surface area contributed by atoms with Crippen molar-refractivity contribution in [3.63, 3.8) is 0 Å². The number of benzene rings is 1. The standard InChI is InChI=1S/C36H40ClF3N6O7S/c1-6-19-14-35(19,33(49)45-54(50,51)24-8-9-24)44-30(47)27-13-23(53-31-26-12-21(37)7-10-25(26)28(52-5)17-42-31)18-46(27)32(48)29(34(2,3)4)43-22-11-20(15-41-16-22)36(38,39)40/h6-7,10-12,15-17,19,23-24,27,29,43H,1,8-9,13-14,18H2,2-5H3,(H,44,47)(H,45,49)/t19-,23-,27+,29-,35-/m1/s1. The van der Waals surface area contributed by atoms with Gasteiger partial charge in [0, 0.05) is 40.5 Å². The minimum atomic E-state index is -4.69. The van der Waals surface area contributed by atoms with E-state index in [1.165, 1.54) is 24.3 Å². The van der Waals surface area contributed by atoms with E-state index in [1.807, 2.05) is 0 Å². The number of amides is 3. The van der Waals surface area contributed by atoms with Gasteiger partial charge in [0.05, 0.1) is 36.4 Å². The molecule has 3 aromatic rings. The van der Waals surface area contributed by atoms with E-state index in [-0.39, 0.29) is 31.0 Å². The third kappa shape index (κ3) is 7.92. The molecule has 1 aromatic carbocycles. The Morgan fingerprint density at radius 3 is 2.44 bits per heavy atom. The summed E-state index contributed by atoms with van der Waals surface area (Å²) in [7, 11) is -2.48. The van der Waals surface area contributed by atoms with Crippen LogP contribution in [0.1, 0.15) is 52.0 Å². The molecule has 13 nitrogen and oxygen atoms in total. The Labute approximate surface area is 315 Å². The predicted molar refractivity (Wildman–Crippen MR) is 193 cm³/mol. The van der Waals surface area contributed by atoms with Gasteiger partial charge >= 0.3 is 6.18 Å². The van der Waals surface area contributed by atoms with Gasteiger partial charge in [-0.05, 0) is 48.9 Å². The second-order valence-corrected chi connectivity index (χ2v) is 17.3. The zero-order valence-electron chi connectivity index (χ0n) is 29.9. The van der Waals surface area contributed by atoms with Gasteiger partial charge in [-0.25, -0.2) is 13.4 Å². The third-order valence-corrected chi connectivity index (χ3v) is 11.9. The lowest BCUT2D eigenvalue weighted by atomic mass is 9.85. The van der Waals surface area contributed by atoms with Gasteiger partial charge in [0.1, 0.15) is 29.5 Å². The molecule has 0 radical (unpaired) electrons. The lowest BCUT2D eigenvalue weighted by Gasteiger charge is -2.36. The largest absolute Gasteiger partial charge is 0.494 e. The summed E-state index contributed by atoms with van der Waals surface area (Å²) in [6.07, 6.45) is 0.00413. The number of anilines is 1. The van der Waals surface area contributed by atoms with Crippen molar-refractivity contribution in [2.45, 2.75) is 81.6 Å². The van der Waals surface area contributed by atoms with Crippen molar-refractivity contribution in [3.8, 4) is 11.6 Å². The molecule has 290 valence electrons. The molecule has 0 spiro atoms. The van der Waals surface area contributed by atoms with Crippen molar-refractivity contribution in [3.05, 3.63) is 66.1 Å². The summed E-state index contributed by atoms with van der Waals surface area (Å²) < 4.78 is 80.0. The molecular formula is C36H40ClF3N6O7S. The summed E-state index contributed by atoms with van der Waals surface area (Å²) in [6, 6.07) is 3.42. The molecule has 0 bridgehead atoms. The van der Waals surface area contributed by atoms with Crippen LogP contribution in [0.4, 0.5) is 18.9 Å². The Morgan fingerprint density at radius 1 is 1.11 bits per heavy atom. The number of hydrogen-bond acceptors (Lipinski definition) is 10. The van der Waals surface area contributed by atoms with Crippen molar-refractivity contribution in [2.24, 2.45) is 11.3 Å². The third-order valence-electron chi connectivity index (χ3n) is 9.86. The van der Waals surface area contributed by atoms with Crippen molar-refractivity contribution >= 4 is 55.8 Å². The summed E-state index contributed by atoms with van der Waals surface area (Å²) >= 11 is 6.31. The molecule has 18 heteroatoms. The lowest BCUT2D eigenvalue weighted by Crippen LogP contribution is -2.58. The Bertz CT molecular complexity index is 2110. The Morgan fingerprint density at radius 2 is 1.83 bits per heavy atom. The van der Waals surface area contributed by atoms with Crippen molar-refractivity contribution in [2.75, 3.05) is 19.0 Å². The number of alkyl halides is 3. The van der Waals surface area contributed by atoms with Crippen LogP contribution in [-0.4, -0.2) is 83.6 Å². The van der Waals surface area contributed by atoms with Crippen molar-refractivity contribution < 1.29 is 45.4 Å². The van der Waals surface area contributed by atoms with E-state index in [0.29, 0.717) is 40.6 Å². The van der Waals surface area contributed by atoms with Gasteiger partial charge in [-0.2, -0.15) is 13.2 Å². The monoisotopic (exact) mass is 792 g/mol. The summed E-state index contributed by atoms with van der Waals surface area (Å²) in [4.78, 5) is 51.7. The number of nitrogens with one attached hydrogen (secondary N) is 3. The number of carbonyl (C=O) groups excluding carboxylic acids is 3. The zero-order chi connectivity index (χ0) is 39.4. The van der Waals surface area contributed by atoms with Crippen LogP contribution < -0.4 is 24.8 Å². The molecule has 54 heavy (non-hydrogen) atoms. The second kappa shape index (κ2) is 14.2. The molecule has 3 N–H and O–H groups in total. The number of fused-ring (bicyclic) bond motifs is 1. The fourth-order valence-electron chi connectivity index (χ4n) is 6.63. The Kier molecular flexibility index (Phi) is 10.3. The fourth-order valence-corrected chi connectivity index (χ4v) is 8.16. The van der Waals surface area contributed by atoms with E-state index in [1.54, 1.807) is 39.0 Å². The number of ether oxygens (including phenoxy) is 2. The maximum absolute atomic E-state index is 14.6. The van der Waals surface area contributed by atoms with Gasteiger partial charge < -0.3 is 25.0 Å². The molecule has 0 unspecified atom stereocenters. The number of pyridine rings is 2. The molecule has 2 aromatic heterocycles. The number of hydrogen-bond donors (Lipinski definition) is 3. The summed E-state index contributed by atoms with van der Waals surface area (Å²) in [5.41, 5.74) is -3.65. The van der Waals surface area contributed by atoms with Crippen molar-refractivity contribution in [1.82, 2.24) is 24.9 Å². The van der Waals surface area contributed by atoms with Crippen LogP contribution in [0.2, 0.25) is 5.02 Å². The summed E-state index contributed by atoms with van der Waals surface area (Å²) in [5.74, 6) is -2.32. The van der Waals surface area contributed by atoms with E-state index in [9.17, 15) is 36.0 Å². The molecule has 1 aliphatic heterocycles. The predicted octanol–water partition coefficient (Wildman–Crippen LogP) is 4.86. The highest BCUT2D eigenvalue weighted by Gasteiger charge is 2.62. The number of sulfonamides is 1. The van der Waals surface area contributed by atoms with Gasteiger partial charge in [0.25, 0.3) is 5.91 Å². The molecule has 6 rings (SSSR count). The van der Waals surface area contributed by atoms with E-state index in [4.69, 9.17) is 21.1 Å². The van der Waals surface area contributed by atoms with Crippen LogP contribution in [0.3, 0.4) is 0 Å². The van der Waals surface area contributed by atoms with Crippen molar-refractivity contribution in [1.29, 1.82) is 0 Å². The number of halogens is 4. The van der Waals surface area contributed by atoms with Crippen LogP contribution in [-0.2, 0) is 30.6 Å². The number of carbonyl (C=O) groups is 3. The maximum Gasteiger partial charge on any atom is 0.417 e. The van der Waals surface area contributed by atoms with E-state index in [2.05, 4.69) is 31.9 Å². The number of methoxy groups -OCH3 is 1. The maximum atomic E-state index is 14.6. The Balaban J connectivity index is 1.33. The van der Waals surface area contributed by atoms with E-state index < -0.39 is 79.8 Å². The molecule has 1 saturated heterocycles. The summed E-state index contributed by atoms with van der Waals surface area (Å²) in [6.45, 7) is 8.69. The SMILES string of the molecule is C=C[C@@H]1C[C@]1(NC(=O)[C@@H]1C[C@@H](Oc2ncc(OC)c3ccc(Cl)cc23)CN1C(=O)[C@@H](Nc1cncc(C(F)(F)F)c1)C(C)(C)C)C(=O)NS(=O)(=O)C1CC1.